The normalized spacial score (nSPS) is 11.0. The van der Waals surface area contributed by atoms with E-state index in [4.69, 9.17) is 0 Å². The molecule has 1 rings (SSSR count). The van der Waals surface area contributed by atoms with Gasteiger partial charge in [0.2, 0.25) is 6.33 Å². The minimum atomic E-state index is -5.17. The molecule has 25 heavy (non-hydrogen) atoms. The minimum Gasteiger partial charge on any atom is -0.250 e. The van der Waals surface area contributed by atoms with Gasteiger partial charge in [0.05, 0.1) is 6.20 Å². The Morgan fingerprint density at radius 1 is 0.920 bits per heavy atom. The Labute approximate surface area is 149 Å². The fourth-order valence-electron chi connectivity index (χ4n) is 1.59. The Bertz CT molecular complexity index is 384. The van der Waals surface area contributed by atoms with E-state index in [1.54, 1.807) is 6.20 Å². The summed E-state index contributed by atoms with van der Waals surface area (Å²) in [7, 11) is 0. The molecule has 1 N–H and O–H groups in total. The Hall–Kier alpha value is -1.12. The summed E-state index contributed by atoms with van der Waals surface area (Å²) in [6, 6.07) is 0. The molecule has 0 aliphatic rings. The van der Waals surface area contributed by atoms with Crippen molar-refractivity contribution in [3.8, 4) is 0 Å². The van der Waals surface area contributed by atoms with Crippen LogP contribution in [0, 0.1) is 0 Å². The lowest BCUT2D eigenvalue weighted by atomic mass is 10.1. The Morgan fingerprint density at radius 3 is 1.56 bits per heavy atom. The summed E-state index contributed by atoms with van der Waals surface area (Å²) < 4.78 is 66.7. The first-order valence-electron chi connectivity index (χ1n) is 8.09. The number of nitrogens with one attached hydrogen (secondary N) is 1. The van der Waals surface area contributed by atoms with Crippen molar-refractivity contribution in [2.75, 3.05) is 0 Å². The molecule has 0 radical (unpaired) electrons. The highest BCUT2D eigenvalue weighted by Gasteiger charge is 2.56. The molecule has 148 valence electrons. The smallest absolute Gasteiger partial charge is 0.250 e. The summed E-state index contributed by atoms with van der Waals surface area (Å²) in [5.41, 5.74) is -10.3. The number of halogens is 6. The minimum absolute atomic E-state index is 1.37. The van der Waals surface area contributed by atoms with E-state index in [-0.39, 0.29) is 0 Å². The average molecular weight is 394 g/mol. The molecule has 0 spiro atoms. The molecular weight excluding hydrogens is 366 g/mol. The molecule has 2 nitrogen and oxygen atoms in total. The number of rotatable bonds is 7. The van der Waals surface area contributed by atoms with Crippen molar-refractivity contribution in [3.63, 3.8) is 0 Å². The van der Waals surface area contributed by atoms with E-state index in [0.717, 1.165) is 0 Å². The molecule has 0 atom stereocenters. The van der Waals surface area contributed by atoms with E-state index < -0.39 is 22.8 Å². The van der Waals surface area contributed by atoms with E-state index in [1.807, 2.05) is 23.3 Å². The number of nitrogens with zero attached hydrogens (tertiary/aromatic N) is 1. The molecule has 1 aromatic heterocycles. The van der Waals surface area contributed by atoms with Crippen LogP contribution in [0.5, 0.6) is 0 Å². The predicted octanol–water partition coefficient (Wildman–Crippen LogP) is 6.00. The molecule has 0 aliphatic heterocycles. The van der Waals surface area contributed by atoms with Gasteiger partial charge in [0.15, 0.2) is 11.8 Å². The molecule has 0 aliphatic carbocycles. The number of H-pyrrole nitrogens is 1. The molecular formula is C16H28F6N2S+2. The van der Waals surface area contributed by atoms with Crippen molar-refractivity contribution < 1.29 is 30.9 Å². The second-order valence-electron chi connectivity index (χ2n) is 5.06. The first-order chi connectivity index (χ1) is 11.6. The fraction of sp³-hybridized carbons (Fsp3) is 0.688. The van der Waals surface area contributed by atoms with Gasteiger partial charge in [-0.25, -0.2) is 9.55 Å². The first-order valence-corrected chi connectivity index (χ1v) is 8.98. The van der Waals surface area contributed by atoms with Crippen LogP contribution >= 0.6 is 0 Å². The number of hydrogen-bond acceptors (Lipinski definition) is 0. The summed E-state index contributed by atoms with van der Waals surface area (Å²) in [6.45, 7) is 8.07. The third-order valence-electron chi connectivity index (χ3n) is 2.74. The second kappa shape index (κ2) is 15.2. The molecule has 9 heteroatoms. The van der Waals surface area contributed by atoms with E-state index in [0.29, 0.717) is 0 Å². The second-order valence-corrected chi connectivity index (χ2v) is 6.29. The van der Waals surface area contributed by atoms with E-state index in [9.17, 15) is 26.3 Å². The van der Waals surface area contributed by atoms with Crippen LogP contribution in [0.3, 0.4) is 0 Å². The number of imidazole rings is 1. The Morgan fingerprint density at radius 2 is 1.36 bits per heavy atom. The van der Waals surface area contributed by atoms with Gasteiger partial charge in [0, 0.05) is 0 Å². The highest BCUT2D eigenvalue weighted by Crippen LogP contribution is 2.29. The van der Waals surface area contributed by atoms with Crippen LogP contribution in [-0.4, -0.2) is 16.0 Å². The molecule has 0 saturated heterocycles. The number of hydrogen-bond donors (Lipinski definition) is 1. The lowest BCUT2D eigenvalue weighted by Gasteiger charge is -1.97. The monoisotopic (exact) mass is 394 g/mol. The maximum atomic E-state index is 10.8. The number of aromatic nitrogens is 2. The maximum absolute atomic E-state index is 10.8. The molecule has 1 aromatic rings. The van der Waals surface area contributed by atoms with Gasteiger partial charge in [-0.1, -0.05) is 65.4 Å². The third-order valence-corrected chi connectivity index (χ3v) is 3.25. The lowest BCUT2D eigenvalue weighted by molar-refractivity contribution is -0.566. The lowest BCUT2D eigenvalue weighted by Crippen LogP contribution is -2.23. The molecule has 0 saturated carbocycles. The number of unbranched alkanes of at least 4 members (excludes halogenated alkanes) is 6. The molecule has 0 aromatic carbocycles. The summed E-state index contributed by atoms with van der Waals surface area (Å²) >= 11 is -2.47. The van der Waals surface area contributed by atoms with Crippen molar-refractivity contribution in [1.82, 2.24) is 4.98 Å². The number of thiol groups is 1. The summed E-state index contributed by atoms with van der Waals surface area (Å²) in [5.74, 6) is 0. The first kappa shape index (κ1) is 26.1. The third kappa shape index (κ3) is 25.2. The number of alkyl halides is 6. The summed E-state index contributed by atoms with van der Waals surface area (Å²) in [5, 5.41) is 0. The predicted molar refractivity (Wildman–Crippen MR) is 91.9 cm³/mol. The topological polar surface area (TPSA) is 19.7 Å². The van der Waals surface area contributed by atoms with Gasteiger partial charge in [0.1, 0.15) is 12.4 Å². The van der Waals surface area contributed by atoms with Gasteiger partial charge >= 0.3 is 11.0 Å². The standard InChI is InChI=1S/C9H20.C5H6N2.C2F6S/c1-3-5-7-9-8-6-4-2;1-2-7-4-3-6-5-7;3-1(4,5)9-2(6,7)8/h3-9H2,1-2H3;2-5H,1H2;/p+2. The van der Waals surface area contributed by atoms with E-state index >= 15 is 0 Å². The SMILES string of the molecule is C=C[n+]1cc[nH]c1.CCCCCCCCC.FC(F)(F)[SH+]C(F)(F)F. The highest BCUT2D eigenvalue weighted by molar-refractivity contribution is 7.80. The average Bonchev–Trinajstić information content (AvgIpc) is 2.98. The van der Waals surface area contributed by atoms with Crippen LogP contribution in [0.4, 0.5) is 26.3 Å². The zero-order valence-corrected chi connectivity index (χ0v) is 15.5. The van der Waals surface area contributed by atoms with Crippen LogP contribution in [0.1, 0.15) is 58.8 Å². The highest BCUT2D eigenvalue weighted by atomic mass is 32.2. The maximum Gasteiger partial charge on any atom is 0.581 e. The van der Waals surface area contributed by atoms with Gasteiger partial charge in [-0.15, -0.1) is 26.3 Å². The van der Waals surface area contributed by atoms with Gasteiger partial charge in [-0.05, 0) is 0 Å². The van der Waals surface area contributed by atoms with Crippen LogP contribution in [0.25, 0.3) is 6.20 Å². The quantitative estimate of drug-likeness (QED) is 0.192. The summed E-state index contributed by atoms with van der Waals surface area (Å²) in [4.78, 5) is 2.87. The van der Waals surface area contributed by atoms with Crippen LogP contribution in [0.15, 0.2) is 25.3 Å². The van der Waals surface area contributed by atoms with Crippen molar-refractivity contribution >= 4 is 18.0 Å². The van der Waals surface area contributed by atoms with Crippen LogP contribution in [-0.2, 0) is 11.8 Å². The van der Waals surface area contributed by atoms with E-state index in [2.05, 4.69) is 25.4 Å². The van der Waals surface area contributed by atoms with Gasteiger partial charge < -0.3 is 0 Å². The molecule has 0 unspecified atom stereocenters. The molecule has 0 fully saturated rings. The molecule has 1 heterocycles. The van der Waals surface area contributed by atoms with Gasteiger partial charge in [0.25, 0.3) is 0 Å². The molecule has 0 bridgehead atoms. The largest absolute Gasteiger partial charge is 0.581 e. The van der Waals surface area contributed by atoms with Crippen LogP contribution < -0.4 is 4.57 Å². The molecule has 0 amide bonds. The van der Waals surface area contributed by atoms with Crippen molar-refractivity contribution in [3.05, 3.63) is 25.3 Å². The summed E-state index contributed by atoms with van der Waals surface area (Å²) in [6.07, 6.45) is 17.2. The van der Waals surface area contributed by atoms with Gasteiger partial charge in [-0.2, -0.15) is 0 Å². The fourth-order valence-corrected chi connectivity index (χ4v) is 1.88. The Kier molecular flexibility index (Phi) is 15.8. The number of aromatic amines is 1. The van der Waals surface area contributed by atoms with Crippen molar-refractivity contribution in [1.29, 1.82) is 0 Å². The van der Waals surface area contributed by atoms with E-state index in [1.165, 1.54) is 44.9 Å². The van der Waals surface area contributed by atoms with Crippen molar-refractivity contribution in [2.24, 2.45) is 0 Å². The zero-order chi connectivity index (χ0) is 19.8. The van der Waals surface area contributed by atoms with Crippen LogP contribution in [0.2, 0.25) is 0 Å². The zero-order valence-electron chi connectivity index (χ0n) is 14.6. The van der Waals surface area contributed by atoms with Gasteiger partial charge in [-0.3, -0.25) is 0 Å². The van der Waals surface area contributed by atoms with Crippen molar-refractivity contribution in [2.45, 2.75) is 69.8 Å². The Balaban J connectivity index is 0.